The van der Waals surface area contributed by atoms with Crippen LogP contribution in [0.5, 0.6) is 0 Å². The largest absolute Gasteiger partial charge is 0.370 e. The van der Waals surface area contributed by atoms with E-state index in [4.69, 9.17) is 11.5 Å². The molecule has 0 saturated carbocycles. The average molecular weight is 468 g/mol. The Labute approximate surface area is 201 Å². The van der Waals surface area contributed by atoms with Gasteiger partial charge in [-0.05, 0) is 69.1 Å². The second-order valence-electron chi connectivity index (χ2n) is 8.93. The molecule has 2 amide bonds. The van der Waals surface area contributed by atoms with E-state index in [0.717, 1.165) is 68.1 Å². The molecule has 1 fully saturated rings. The zero-order valence-corrected chi connectivity index (χ0v) is 19.6. The molecule has 4 rings (SSSR count). The van der Waals surface area contributed by atoms with E-state index in [0.29, 0.717) is 12.6 Å². The van der Waals surface area contributed by atoms with Gasteiger partial charge in [-0.2, -0.15) is 0 Å². The minimum absolute atomic E-state index is 0.128. The highest BCUT2D eigenvalue weighted by Gasteiger charge is 2.30. The van der Waals surface area contributed by atoms with Gasteiger partial charge in [0.2, 0.25) is 0 Å². The van der Waals surface area contributed by atoms with Gasteiger partial charge in [0.25, 0.3) is 0 Å². The third kappa shape index (κ3) is 6.72. The number of carbonyl (C=O) groups excluding carboxylic acids is 1. The first-order valence-electron chi connectivity index (χ1n) is 12.2. The van der Waals surface area contributed by atoms with Gasteiger partial charge in [-0.25, -0.2) is 4.79 Å². The fourth-order valence-corrected chi connectivity index (χ4v) is 4.42. The minimum atomic E-state index is -0.153. The fraction of sp³-hybridized carbons (Fsp3) is 0.500. The summed E-state index contributed by atoms with van der Waals surface area (Å²) >= 11 is 0. The molecule has 3 aliphatic heterocycles. The van der Waals surface area contributed by atoms with E-state index in [1.165, 1.54) is 12.8 Å². The molecule has 3 heterocycles. The first kappa shape index (κ1) is 24.1. The van der Waals surface area contributed by atoms with E-state index < -0.39 is 0 Å². The monoisotopic (exact) mass is 467 g/mol. The lowest BCUT2D eigenvalue weighted by molar-refractivity contribution is 0.243. The number of carbonyl (C=O) groups is 1. The highest BCUT2D eigenvalue weighted by Crippen LogP contribution is 2.25. The molecule has 1 atom stereocenters. The van der Waals surface area contributed by atoms with Gasteiger partial charge in [0.15, 0.2) is 5.96 Å². The first-order valence-corrected chi connectivity index (χ1v) is 12.2. The molecule has 1 aromatic carbocycles. The number of hydrogen-bond donors (Lipinski definition) is 7. The summed E-state index contributed by atoms with van der Waals surface area (Å²) in [7, 11) is 0. The SMILES string of the molecule is NC(N)=NCCCNCc1ccc(N2C=C3C=C(CCNC4CCNCC4)NC3NC2=O)cc1. The van der Waals surface area contributed by atoms with Crippen molar-refractivity contribution in [1.29, 1.82) is 0 Å². The number of nitrogens with zero attached hydrogens (tertiary/aromatic N) is 2. The molecule has 184 valence electrons. The number of amides is 2. The number of fused-ring (bicyclic) bond motifs is 1. The number of nitrogens with two attached hydrogens (primary N) is 2. The van der Waals surface area contributed by atoms with Crippen molar-refractivity contribution in [2.24, 2.45) is 16.5 Å². The third-order valence-corrected chi connectivity index (χ3v) is 6.28. The summed E-state index contributed by atoms with van der Waals surface area (Å²) in [4.78, 5) is 18.4. The minimum Gasteiger partial charge on any atom is -0.370 e. The van der Waals surface area contributed by atoms with E-state index in [-0.39, 0.29) is 18.2 Å². The molecule has 34 heavy (non-hydrogen) atoms. The van der Waals surface area contributed by atoms with E-state index in [2.05, 4.69) is 37.7 Å². The second kappa shape index (κ2) is 11.9. The normalized spacial score (nSPS) is 20.2. The van der Waals surface area contributed by atoms with Crippen LogP contribution < -0.4 is 43.0 Å². The Morgan fingerprint density at radius 1 is 1.12 bits per heavy atom. The van der Waals surface area contributed by atoms with Crippen molar-refractivity contribution in [2.45, 2.75) is 44.4 Å². The number of anilines is 1. The Morgan fingerprint density at radius 3 is 2.68 bits per heavy atom. The summed E-state index contributed by atoms with van der Waals surface area (Å²) < 4.78 is 0. The molecule has 0 radical (unpaired) electrons. The third-order valence-electron chi connectivity index (χ3n) is 6.28. The molecular weight excluding hydrogens is 430 g/mol. The lowest BCUT2D eigenvalue weighted by Gasteiger charge is -2.29. The lowest BCUT2D eigenvalue weighted by Crippen LogP contribution is -2.51. The van der Waals surface area contributed by atoms with Gasteiger partial charge in [-0.15, -0.1) is 0 Å². The average Bonchev–Trinajstić information content (AvgIpc) is 3.23. The van der Waals surface area contributed by atoms with Crippen molar-refractivity contribution in [1.82, 2.24) is 26.6 Å². The molecule has 1 aromatic rings. The molecule has 1 saturated heterocycles. The fourth-order valence-electron chi connectivity index (χ4n) is 4.42. The van der Waals surface area contributed by atoms with Gasteiger partial charge < -0.3 is 38.1 Å². The summed E-state index contributed by atoms with van der Waals surface area (Å²) in [6.45, 7) is 5.31. The summed E-state index contributed by atoms with van der Waals surface area (Å²) in [5.41, 5.74) is 14.9. The van der Waals surface area contributed by atoms with Crippen molar-refractivity contribution in [3.05, 3.63) is 53.4 Å². The maximum absolute atomic E-state index is 12.7. The van der Waals surface area contributed by atoms with E-state index in [1.54, 1.807) is 4.90 Å². The van der Waals surface area contributed by atoms with Crippen molar-refractivity contribution < 1.29 is 4.79 Å². The van der Waals surface area contributed by atoms with Crippen LogP contribution in [0.15, 0.2) is 52.8 Å². The Hall–Kier alpha value is -3.08. The maximum Gasteiger partial charge on any atom is 0.327 e. The maximum atomic E-state index is 12.7. The molecular formula is C24H37N9O. The summed E-state index contributed by atoms with van der Waals surface area (Å²) in [6.07, 6.45) is 8.08. The molecule has 10 nitrogen and oxygen atoms in total. The lowest BCUT2D eigenvalue weighted by atomic mass is 10.1. The molecule has 1 unspecified atom stereocenters. The number of benzene rings is 1. The van der Waals surface area contributed by atoms with Crippen molar-refractivity contribution in [3.63, 3.8) is 0 Å². The quantitative estimate of drug-likeness (QED) is 0.142. The van der Waals surface area contributed by atoms with Gasteiger partial charge in [0.05, 0.1) is 5.69 Å². The van der Waals surface area contributed by atoms with Gasteiger partial charge in [0, 0.05) is 43.1 Å². The number of hydrogen-bond acceptors (Lipinski definition) is 6. The van der Waals surface area contributed by atoms with E-state index in [1.807, 2.05) is 30.5 Å². The number of piperidine rings is 1. The zero-order valence-electron chi connectivity index (χ0n) is 19.6. The summed E-state index contributed by atoms with van der Waals surface area (Å²) in [5.74, 6) is 0.128. The molecule has 0 aliphatic carbocycles. The van der Waals surface area contributed by atoms with Crippen molar-refractivity contribution >= 4 is 17.7 Å². The van der Waals surface area contributed by atoms with Crippen LogP contribution in [0, 0.1) is 0 Å². The number of urea groups is 1. The van der Waals surface area contributed by atoms with Crippen LogP contribution in [-0.4, -0.2) is 56.9 Å². The van der Waals surface area contributed by atoms with Crippen LogP contribution in [0.4, 0.5) is 10.5 Å². The highest BCUT2D eigenvalue weighted by atomic mass is 16.2. The number of nitrogens with one attached hydrogen (secondary N) is 5. The van der Waals surface area contributed by atoms with Gasteiger partial charge >= 0.3 is 6.03 Å². The van der Waals surface area contributed by atoms with Gasteiger partial charge in [0.1, 0.15) is 6.17 Å². The van der Waals surface area contributed by atoms with Crippen LogP contribution in [0.2, 0.25) is 0 Å². The molecule has 0 bridgehead atoms. The van der Waals surface area contributed by atoms with Crippen LogP contribution in [0.3, 0.4) is 0 Å². The van der Waals surface area contributed by atoms with Crippen molar-refractivity contribution in [3.8, 4) is 0 Å². The standard InChI is InChI=1S/C24H37N9O/c25-23(26)30-10-1-9-28-15-17-2-4-21(5-3-17)33-16-18-14-20(31-22(18)32-24(33)34)8-13-29-19-6-11-27-12-7-19/h2-5,14,16,19,22,27-29,31H,1,6-13,15H2,(H,32,34)(H4,25,26,30). The molecule has 0 aromatic heterocycles. The Morgan fingerprint density at radius 2 is 1.91 bits per heavy atom. The molecule has 3 aliphatic rings. The topological polar surface area (TPSA) is 145 Å². The van der Waals surface area contributed by atoms with E-state index >= 15 is 0 Å². The van der Waals surface area contributed by atoms with Gasteiger partial charge in [-0.3, -0.25) is 9.89 Å². The van der Waals surface area contributed by atoms with Crippen LogP contribution in [0.25, 0.3) is 0 Å². The predicted octanol–water partition coefficient (Wildman–Crippen LogP) is 0.398. The number of guanidine groups is 1. The Kier molecular flexibility index (Phi) is 8.40. The molecule has 10 heteroatoms. The smallest absolute Gasteiger partial charge is 0.327 e. The van der Waals surface area contributed by atoms with Gasteiger partial charge in [-0.1, -0.05) is 12.1 Å². The summed E-state index contributed by atoms with van der Waals surface area (Å²) in [6, 6.07) is 8.50. The highest BCUT2D eigenvalue weighted by molar-refractivity contribution is 5.96. The predicted molar refractivity (Wildman–Crippen MR) is 136 cm³/mol. The van der Waals surface area contributed by atoms with Crippen LogP contribution in [0.1, 0.15) is 31.2 Å². The Bertz CT molecular complexity index is 915. The van der Waals surface area contributed by atoms with Crippen LogP contribution in [-0.2, 0) is 6.54 Å². The van der Waals surface area contributed by atoms with E-state index in [9.17, 15) is 4.79 Å². The second-order valence-corrected chi connectivity index (χ2v) is 8.93. The van der Waals surface area contributed by atoms with Crippen LogP contribution >= 0.6 is 0 Å². The summed E-state index contributed by atoms with van der Waals surface area (Å²) in [5, 5.41) is 16.9. The number of rotatable bonds is 11. The molecule has 0 spiro atoms. The molecule has 9 N–H and O–H groups in total. The number of aliphatic imine (C=N–C) groups is 1. The first-order chi connectivity index (χ1) is 16.6. The Balaban J connectivity index is 1.26. The zero-order chi connectivity index (χ0) is 23.8. The van der Waals surface area contributed by atoms with Crippen molar-refractivity contribution in [2.75, 3.05) is 37.6 Å².